The fourth-order valence-corrected chi connectivity index (χ4v) is 8.15. The molecular weight excluding hydrogens is 755 g/mol. The molecule has 1 atom stereocenters. The third-order valence-corrected chi connectivity index (χ3v) is 11.3. The number of rotatable bonds is 15. The first-order valence-electron chi connectivity index (χ1n) is 18.9. The molecule has 0 saturated carbocycles. The van der Waals surface area contributed by atoms with Crippen LogP contribution in [-0.2, 0) is 23.4 Å². The second-order valence-corrected chi connectivity index (χ2v) is 15.8. The lowest BCUT2D eigenvalue weighted by Gasteiger charge is -2.31. The van der Waals surface area contributed by atoms with Gasteiger partial charge in [0.1, 0.15) is 6.33 Å². The zero-order chi connectivity index (χ0) is 41.0. The van der Waals surface area contributed by atoms with Gasteiger partial charge in [0.25, 0.3) is 0 Å². The molecule has 3 N–H and O–H groups in total. The average molecular weight is 805 g/mol. The van der Waals surface area contributed by atoms with E-state index in [1.54, 1.807) is 4.52 Å². The minimum Gasteiger partial charge on any atom is -0.493 e. The van der Waals surface area contributed by atoms with Crippen molar-refractivity contribution in [1.82, 2.24) is 24.1 Å². The van der Waals surface area contributed by atoms with Crippen LogP contribution in [0.5, 0.6) is 11.5 Å². The number of nitrogens with two attached hydrogens (primary N) is 1. The highest BCUT2D eigenvalue weighted by atomic mass is 31.2. The Bertz CT molecular complexity index is 2350. The summed E-state index contributed by atoms with van der Waals surface area (Å²) in [5.41, 5.74) is 12.1. The van der Waals surface area contributed by atoms with Crippen molar-refractivity contribution in [1.29, 1.82) is 0 Å². The lowest BCUT2D eigenvalue weighted by molar-refractivity contribution is -0.119. The van der Waals surface area contributed by atoms with E-state index in [0.29, 0.717) is 23.3 Å². The van der Waals surface area contributed by atoms with E-state index in [-0.39, 0.29) is 48.0 Å². The number of piperidine rings is 1. The zero-order valence-electron chi connectivity index (χ0n) is 33.0. The largest absolute Gasteiger partial charge is 0.527 e. The number of esters is 1. The van der Waals surface area contributed by atoms with Crippen molar-refractivity contribution in [2.45, 2.75) is 72.1 Å². The summed E-state index contributed by atoms with van der Waals surface area (Å²) in [6, 6.07) is 9.99. The summed E-state index contributed by atoms with van der Waals surface area (Å²) in [6.07, 6.45) is 5.63. The molecule has 1 fully saturated rings. The number of primary amides is 1. The summed E-state index contributed by atoms with van der Waals surface area (Å²) in [6.45, 7) is 11.1. The Morgan fingerprint density at radius 3 is 2.47 bits per heavy atom. The standard InChI is InChI=1S/C40H49N6O10P/c1-7-8-17-55-57(50,51)56-33-12-10-29(19-34(33)52-6)39(48)53-23-54-40(49)46-32-11-9-28(27-13-15-44(16-14-27)21-35(41)47)18-30(32)36(24(2)3)37(46)31-20-45-38(42-22-43-45)26(5)25(31)4/h9-12,18-20,22,24,27H,7-8,13-17,21,23H2,1-6H3,(H2,41,47)(H,50,51). The first-order chi connectivity index (χ1) is 27.2. The smallest absolute Gasteiger partial charge is 0.493 e. The maximum atomic E-state index is 14.3. The summed E-state index contributed by atoms with van der Waals surface area (Å²) in [5.74, 6) is -1.08. The Morgan fingerprint density at radius 1 is 1.04 bits per heavy atom. The van der Waals surface area contributed by atoms with E-state index < -0.39 is 26.7 Å². The molecule has 16 nitrogen and oxygen atoms in total. The fraction of sp³-hybridized carbons (Fsp3) is 0.425. The number of phosphoric acid groups is 1. The van der Waals surface area contributed by atoms with Crippen molar-refractivity contribution in [2.24, 2.45) is 5.73 Å². The number of hydrogen-bond donors (Lipinski definition) is 2. The number of benzene rings is 2. The fourth-order valence-electron chi connectivity index (χ4n) is 7.34. The summed E-state index contributed by atoms with van der Waals surface area (Å²) in [5, 5.41) is 5.29. The highest BCUT2D eigenvalue weighted by Gasteiger charge is 2.30. The molecule has 1 unspecified atom stereocenters. The second kappa shape index (κ2) is 17.5. The van der Waals surface area contributed by atoms with E-state index in [1.807, 2.05) is 39.1 Å². The van der Waals surface area contributed by atoms with Crippen molar-refractivity contribution in [3.63, 3.8) is 0 Å². The molecule has 6 rings (SSSR count). The quantitative estimate of drug-likeness (QED) is 0.0482. The summed E-state index contributed by atoms with van der Waals surface area (Å²) >= 11 is 0. The Labute approximate surface area is 330 Å². The number of pyridine rings is 1. The molecule has 1 saturated heterocycles. The second-order valence-electron chi connectivity index (χ2n) is 14.4. The van der Waals surface area contributed by atoms with Gasteiger partial charge in [0.05, 0.1) is 37.0 Å². The van der Waals surface area contributed by atoms with Crippen molar-refractivity contribution >= 4 is 42.3 Å². The maximum absolute atomic E-state index is 14.3. The molecule has 4 heterocycles. The number of aromatic nitrogens is 4. The number of hydrogen-bond acceptors (Lipinski definition) is 12. The molecule has 1 aliphatic heterocycles. The predicted molar refractivity (Wildman–Crippen MR) is 212 cm³/mol. The Balaban J connectivity index is 1.30. The summed E-state index contributed by atoms with van der Waals surface area (Å²) < 4.78 is 42.1. The van der Waals surface area contributed by atoms with Crippen molar-refractivity contribution in [2.75, 3.05) is 40.1 Å². The number of carbonyl (C=O) groups excluding carboxylic acids is 3. The van der Waals surface area contributed by atoms with Gasteiger partial charge in [-0.25, -0.2) is 28.2 Å². The lowest BCUT2D eigenvalue weighted by Crippen LogP contribution is -2.39. The van der Waals surface area contributed by atoms with Crippen LogP contribution in [0.1, 0.15) is 90.9 Å². The van der Waals surface area contributed by atoms with Crippen LogP contribution in [0.3, 0.4) is 0 Å². The van der Waals surface area contributed by atoms with Gasteiger partial charge in [-0.05, 0) is 111 Å². The van der Waals surface area contributed by atoms with Gasteiger partial charge >= 0.3 is 19.9 Å². The first kappa shape index (κ1) is 41.4. The van der Waals surface area contributed by atoms with E-state index in [9.17, 15) is 23.8 Å². The van der Waals surface area contributed by atoms with Crippen molar-refractivity contribution in [3.8, 4) is 22.8 Å². The zero-order valence-corrected chi connectivity index (χ0v) is 33.9. The molecule has 0 aliphatic carbocycles. The van der Waals surface area contributed by atoms with Crippen molar-refractivity contribution < 1.29 is 47.1 Å². The van der Waals surface area contributed by atoms with E-state index >= 15 is 0 Å². The monoisotopic (exact) mass is 804 g/mol. The van der Waals surface area contributed by atoms with Crippen LogP contribution in [0, 0.1) is 13.8 Å². The Hall–Kier alpha value is -5.28. The molecular formula is C40H49N6O10P. The van der Waals surface area contributed by atoms with Crippen LogP contribution in [0.25, 0.3) is 27.8 Å². The normalized spacial score (nSPS) is 14.9. The number of amides is 1. The number of fused-ring (bicyclic) bond motifs is 2. The minimum absolute atomic E-state index is 0.00919. The Kier molecular flexibility index (Phi) is 12.7. The predicted octanol–water partition coefficient (Wildman–Crippen LogP) is 6.86. The molecule has 5 aromatic rings. The minimum atomic E-state index is -4.44. The molecule has 57 heavy (non-hydrogen) atoms. The topological polar surface area (TPSA) is 199 Å². The van der Waals surface area contributed by atoms with Gasteiger partial charge in [-0.3, -0.25) is 19.1 Å². The third-order valence-electron chi connectivity index (χ3n) is 10.3. The summed E-state index contributed by atoms with van der Waals surface area (Å²) in [4.78, 5) is 55.5. The van der Waals surface area contributed by atoms with E-state index in [2.05, 4.69) is 34.9 Å². The molecule has 0 bridgehead atoms. The number of carbonyl (C=O) groups is 3. The van der Waals surface area contributed by atoms with Gasteiger partial charge in [-0.2, -0.15) is 5.10 Å². The number of aryl methyl sites for hydroxylation is 1. The molecule has 2 aromatic carbocycles. The van der Waals surface area contributed by atoms with Crippen LogP contribution in [0.4, 0.5) is 4.79 Å². The molecule has 0 radical (unpaired) electrons. The molecule has 0 spiro atoms. The van der Waals surface area contributed by atoms with Gasteiger partial charge in [-0.1, -0.05) is 33.3 Å². The van der Waals surface area contributed by atoms with Gasteiger partial charge in [0, 0.05) is 17.1 Å². The average Bonchev–Trinajstić information content (AvgIpc) is 3.79. The van der Waals surface area contributed by atoms with Crippen LogP contribution in [0.2, 0.25) is 0 Å². The molecule has 3 aromatic heterocycles. The van der Waals surface area contributed by atoms with Crippen LogP contribution < -0.4 is 15.0 Å². The Morgan fingerprint density at radius 2 is 1.79 bits per heavy atom. The lowest BCUT2D eigenvalue weighted by atomic mass is 9.87. The number of nitrogens with zero attached hydrogens (tertiary/aromatic N) is 5. The summed E-state index contributed by atoms with van der Waals surface area (Å²) in [7, 11) is -3.13. The van der Waals surface area contributed by atoms with Gasteiger partial charge in [-0.15, -0.1) is 0 Å². The molecule has 1 aliphatic rings. The molecule has 304 valence electrons. The van der Waals surface area contributed by atoms with Gasteiger partial charge in [0.15, 0.2) is 17.1 Å². The molecule has 17 heteroatoms. The highest BCUT2D eigenvalue weighted by molar-refractivity contribution is 7.47. The number of unbranched alkanes of at least 4 members (excludes halogenated alkanes) is 1. The van der Waals surface area contributed by atoms with E-state index in [4.69, 9.17) is 29.0 Å². The van der Waals surface area contributed by atoms with E-state index in [1.165, 1.54) is 36.2 Å². The van der Waals surface area contributed by atoms with Crippen LogP contribution in [-0.4, -0.2) is 87.1 Å². The van der Waals surface area contributed by atoms with Crippen LogP contribution in [0.15, 0.2) is 48.9 Å². The van der Waals surface area contributed by atoms with Crippen LogP contribution >= 0.6 is 7.82 Å². The van der Waals surface area contributed by atoms with E-state index in [0.717, 1.165) is 65.6 Å². The molecule has 1 amide bonds. The van der Waals surface area contributed by atoms with Gasteiger partial charge in [0.2, 0.25) is 12.7 Å². The first-order valence-corrected chi connectivity index (χ1v) is 20.4. The number of likely N-dealkylation sites (tertiary alicyclic amines) is 1. The number of phosphoric ester groups is 1. The van der Waals surface area contributed by atoms with Gasteiger partial charge < -0.3 is 24.5 Å². The SMILES string of the molecule is CCCCOP(=O)(O)Oc1ccc(C(=O)OCOC(=O)n2c(-c3cn4ncnc4c(C)c3C)c(C(C)C)c3cc(C4CCN(CC(N)=O)CC4)ccc32)cc1OC. The maximum Gasteiger partial charge on any atom is 0.527 e. The van der Waals surface area contributed by atoms with Crippen molar-refractivity contribution in [3.05, 3.63) is 76.7 Å². The highest BCUT2D eigenvalue weighted by Crippen LogP contribution is 2.47. The number of methoxy groups -OCH3 is 1. The number of ether oxygens (including phenoxy) is 3. The third kappa shape index (κ3) is 8.99.